The minimum Gasteiger partial charge on any atom is -0.379 e. The zero-order valence-corrected chi connectivity index (χ0v) is 11.3. The molecule has 2 atom stereocenters. The van der Waals surface area contributed by atoms with E-state index in [1.165, 1.54) is 24.0 Å². The van der Waals surface area contributed by atoms with E-state index in [0.29, 0.717) is 6.04 Å². The lowest BCUT2D eigenvalue weighted by Gasteiger charge is -2.19. The summed E-state index contributed by atoms with van der Waals surface area (Å²) in [7, 11) is 0. The van der Waals surface area contributed by atoms with Crippen LogP contribution in [0.1, 0.15) is 26.2 Å². The van der Waals surface area contributed by atoms with Crippen LogP contribution in [-0.2, 0) is 0 Å². The predicted molar refractivity (Wildman–Crippen MR) is 75.1 cm³/mol. The first-order valence-electron chi connectivity index (χ1n) is 6.04. The number of nitrogens with zero attached hydrogens (tertiary/aromatic N) is 1. The van der Waals surface area contributed by atoms with Crippen LogP contribution in [0.15, 0.2) is 17.6 Å². The highest BCUT2D eigenvalue weighted by Gasteiger charge is 2.24. The van der Waals surface area contributed by atoms with Gasteiger partial charge in [-0.3, -0.25) is 0 Å². The Labute approximate surface area is 110 Å². The molecule has 0 radical (unpaired) electrons. The van der Waals surface area contributed by atoms with Crippen molar-refractivity contribution in [1.29, 1.82) is 0 Å². The molecule has 1 aromatic carbocycles. The van der Waals surface area contributed by atoms with E-state index >= 15 is 0 Å². The van der Waals surface area contributed by atoms with E-state index < -0.39 is 0 Å². The molecule has 17 heavy (non-hydrogen) atoms. The third-order valence-electron chi connectivity index (χ3n) is 3.64. The highest BCUT2D eigenvalue weighted by Crippen LogP contribution is 2.36. The average Bonchev–Trinajstić information content (AvgIpc) is 2.92. The van der Waals surface area contributed by atoms with E-state index in [1.807, 2.05) is 17.6 Å². The van der Waals surface area contributed by atoms with Gasteiger partial charge in [0.25, 0.3) is 0 Å². The summed E-state index contributed by atoms with van der Waals surface area (Å²) >= 11 is 7.95. The largest absolute Gasteiger partial charge is 0.379 e. The normalized spacial score (nSPS) is 24.4. The van der Waals surface area contributed by atoms with Crippen molar-refractivity contribution in [3.05, 3.63) is 22.7 Å². The predicted octanol–water partition coefficient (Wildman–Crippen LogP) is 4.55. The van der Waals surface area contributed by atoms with Gasteiger partial charge in [-0.2, -0.15) is 0 Å². The van der Waals surface area contributed by atoms with Gasteiger partial charge in [-0.15, -0.1) is 11.3 Å². The van der Waals surface area contributed by atoms with E-state index in [9.17, 15) is 0 Å². The minimum atomic E-state index is 0.541. The number of fused-ring (bicyclic) bond motifs is 1. The Morgan fingerprint density at radius 3 is 3.06 bits per heavy atom. The van der Waals surface area contributed by atoms with Crippen molar-refractivity contribution < 1.29 is 0 Å². The summed E-state index contributed by atoms with van der Waals surface area (Å²) < 4.78 is 1.20. The summed E-state index contributed by atoms with van der Waals surface area (Å²) in [5, 5.41) is 4.38. The maximum absolute atomic E-state index is 6.29. The number of nitrogens with one attached hydrogen (secondary N) is 1. The molecule has 0 spiro atoms. The molecule has 0 amide bonds. The van der Waals surface area contributed by atoms with Crippen molar-refractivity contribution in [3.63, 3.8) is 0 Å². The molecule has 1 fully saturated rings. The van der Waals surface area contributed by atoms with Crippen LogP contribution in [0.5, 0.6) is 0 Å². The number of aromatic nitrogens is 1. The molecule has 1 saturated carbocycles. The molecule has 2 nitrogen and oxygen atoms in total. The molecule has 2 unspecified atom stereocenters. The molecule has 1 aliphatic rings. The molecule has 1 heterocycles. The lowest BCUT2D eigenvalue weighted by atomic mass is 10.1. The fraction of sp³-hybridized carbons (Fsp3) is 0.462. The molecule has 90 valence electrons. The first kappa shape index (κ1) is 11.3. The van der Waals surface area contributed by atoms with Gasteiger partial charge >= 0.3 is 0 Å². The summed E-state index contributed by atoms with van der Waals surface area (Å²) in [6.45, 7) is 2.31. The lowest BCUT2D eigenvalue weighted by Crippen LogP contribution is -2.22. The summed E-state index contributed by atoms with van der Waals surface area (Å²) in [5.41, 5.74) is 3.91. The van der Waals surface area contributed by atoms with E-state index in [2.05, 4.69) is 17.2 Å². The first-order chi connectivity index (χ1) is 8.25. The summed E-state index contributed by atoms with van der Waals surface area (Å²) in [5.74, 6) is 0.722. The van der Waals surface area contributed by atoms with Crippen LogP contribution in [0.4, 0.5) is 5.69 Å². The van der Waals surface area contributed by atoms with Crippen LogP contribution < -0.4 is 5.32 Å². The molecule has 1 aromatic heterocycles. The van der Waals surface area contributed by atoms with Crippen molar-refractivity contribution >= 4 is 38.8 Å². The number of rotatable bonds is 2. The fourth-order valence-corrected chi connectivity index (χ4v) is 3.48. The molecular weight excluding hydrogens is 252 g/mol. The molecule has 3 rings (SSSR count). The van der Waals surface area contributed by atoms with Crippen LogP contribution in [-0.4, -0.2) is 11.0 Å². The number of hydrogen-bond donors (Lipinski definition) is 1. The number of benzene rings is 1. The average molecular weight is 267 g/mol. The summed E-state index contributed by atoms with van der Waals surface area (Å²) in [6, 6.07) is 4.54. The highest BCUT2D eigenvalue weighted by molar-refractivity contribution is 7.16. The molecule has 1 aliphatic carbocycles. The number of hydrogen-bond acceptors (Lipinski definition) is 3. The summed E-state index contributed by atoms with van der Waals surface area (Å²) in [6.07, 6.45) is 3.85. The fourth-order valence-electron chi connectivity index (χ4n) is 2.59. The van der Waals surface area contributed by atoms with Crippen molar-refractivity contribution in [2.75, 3.05) is 5.32 Å². The van der Waals surface area contributed by atoms with Crippen LogP contribution in [0.2, 0.25) is 5.02 Å². The maximum atomic E-state index is 6.29. The molecule has 4 heteroatoms. The second kappa shape index (κ2) is 4.46. The topological polar surface area (TPSA) is 24.9 Å². The molecule has 0 aliphatic heterocycles. The molecular formula is C13H15ClN2S. The highest BCUT2D eigenvalue weighted by atomic mass is 35.5. The van der Waals surface area contributed by atoms with Gasteiger partial charge in [0, 0.05) is 6.04 Å². The van der Waals surface area contributed by atoms with Gasteiger partial charge in [0.1, 0.15) is 5.52 Å². The Morgan fingerprint density at radius 1 is 1.41 bits per heavy atom. The van der Waals surface area contributed by atoms with Gasteiger partial charge in [0.2, 0.25) is 0 Å². The van der Waals surface area contributed by atoms with Gasteiger partial charge in [-0.1, -0.05) is 24.9 Å². The van der Waals surface area contributed by atoms with Crippen LogP contribution in [0.3, 0.4) is 0 Å². The zero-order chi connectivity index (χ0) is 11.8. The number of thiazole rings is 1. The number of halogens is 1. The van der Waals surface area contributed by atoms with Gasteiger partial charge in [-0.05, 0) is 30.9 Å². The molecule has 0 saturated heterocycles. The molecule has 0 bridgehead atoms. The third kappa shape index (κ3) is 2.02. The van der Waals surface area contributed by atoms with E-state index in [4.69, 9.17) is 11.6 Å². The monoisotopic (exact) mass is 266 g/mol. The Balaban J connectivity index is 1.98. The van der Waals surface area contributed by atoms with Crippen molar-refractivity contribution in [2.45, 2.75) is 32.2 Å². The minimum absolute atomic E-state index is 0.541. The zero-order valence-electron chi connectivity index (χ0n) is 9.74. The summed E-state index contributed by atoms with van der Waals surface area (Å²) in [4.78, 5) is 4.42. The van der Waals surface area contributed by atoms with Gasteiger partial charge in [0.05, 0.1) is 20.9 Å². The smallest absolute Gasteiger partial charge is 0.106 e. The van der Waals surface area contributed by atoms with Gasteiger partial charge in [-0.25, -0.2) is 4.98 Å². The standard InChI is InChI=1S/C13H15ClN2S/c1-8-3-2-4-10(8)16-12-9(14)5-6-11-13(12)15-7-17-11/h5-8,10,16H,2-4H2,1H3. The Hall–Kier alpha value is -0.800. The second-order valence-corrected chi connectivity index (χ2v) is 6.07. The first-order valence-corrected chi connectivity index (χ1v) is 7.29. The van der Waals surface area contributed by atoms with Crippen molar-refractivity contribution in [3.8, 4) is 0 Å². The quantitative estimate of drug-likeness (QED) is 0.863. The maximum Gasteiger partial charge on any atom is 0.106 e. The number of anilines is 1. The molecule has 1 N–H and O–H groups in total. The van der Waals surface area contributed by atoms with Crippen molar-refractivity contribution in [1.82, 2.24) is 4.98 Å². The van der Waals surface area contributed by atoms with E-state index in [1.54, 1.807) is 11.3 Å². The SMILES string of the molecule is CC1CCCC1Nc1c(Cl)ccc2scnc12. The van der Waals surface area contributed by atoms with Crippen LogP contribution >= 0.6 is 22.9 Å². The third-order valence-corrected chi connectivity index (χ3v) is 4.75. The Bertz CT molecular complexity index is 537. The van der Waals surface area contributed by atoms with Crippen LogP contribution in [0, 0.1) is 5.92 Å². The van der Waals surface area contributed by atoms with Crippen LogP contribution in [0.25, 0.3) is 10.2 Å². The van der Waals surface area contributed by atoms with E-state index in [0.717, 1.165) is 22.1 Å². The lowest BCUT2D eigenvalue weighted by molar-refractivity contribution is 0.557. The van der Waals surface area contributed by atoms with Crippen molar-refractivity contribution in [2.24, 2.45) is 5.92 Å². The Morgan fingerprint density at radius 2 is 2.29 bits per heavy atom. The van der Waals surface area contributed by atoms with Gasteiger partial charge in [0.15, 0.2) is 0 Å². The van der Waals surface area contributed by atoms with E-state index in [-0.39, 0.29) is 0 Å². The molecule has 2 aromatic rings. The van der Waals surface area contributed by atoms with Gasteiger partial charge < -0.3 is 5.32 Å². The second-order valence-electron chi connectivity index (χ2n) is 4.78. The Kier molecular flexibility index (Phi) is 2.97.